The van der Waals surface area contributed by atoms with Crippen LogP contribution in [0.2, 0.25) is 10.0 Å². The first-order valence-corrected chi connectivity index (χ1v) is 33.9. The molecule has 0 atom stereocenters. The largest absolute Gasteiger partial charge is 0.573 e. The number of aliphatic imine (C=N–C) groups is 2. The topological polar surface area (TPSA) is 260 Å². The van der Waals surface area contributed by atoms with E-state index in [4.69, 9.17) is 28.2 Å². The van der Waals surface area contributed by atoms with Gasteiger partial charge in [0.15, 0.2) is 17.5 Å². The van der Waals surface area contributed by atoms with Crippen molar-refractivity contribution in [2.24, 2.45) is 9.98 Å². The van der Waals surface area contributed by atoms with Gasteiger partial charge in [-0.3, -0.25) is 39.5 Å². The second kappa shape index (κ2) is 32.8. The Morgan fingerprint density at radius 2 is 0.858 bits per heavy atom. The molecule has 16 rings (SSSR count). The maximum Gasteiger partial charge on any atom is 0.573 e. The number of halogens is 5. The van der Waals surface area contributed by atoms with Gasteiger partial charge in [0.25, 0.3) is 0 Å². The molecule has 6 aromatic heterocycles. The number of amides is 4. The molecular formula is C79H62Cl2F3N17O5. The first-order valence-electron chi connectivity index (χ1n) is 33.1. The molecule has 0 aliphatic carbocycles. The summed E-state index contributed by atoms with van der Waals surface area (Å²) in [5.74, 6) is 1.72. The molecule has 8 heterocycles. The van der Waals surface area contributed by atoms with E-state index in [0.717, 1.165) is 103 Å². The van der Waals surface area contributed by atoms with E-state index in [1.807, 2.05) is 203 Å². The van der Waals surface area contributed by atoms with Crippen LogP contribution in [0.15, 0.2) is 259 Å². The number of para-hydroxylation sites is 8. The molecule has 0 saturated carbocycles. The number of alkyl halides is 3. The first-order chi connectivity index (χ1) is 51.5. The van der Waals surface area contributed by atoms with Crippen molar-refractivity contribution in [3.63, 3.8) is 0 Å². The predicted molar refractivity (Wildman–Crippen MR) is 407 cm³/mol. The number of fused-ring (bicyclic) bond motifs is 4. The highest BCUT2D eigenvalue weighted by molar-refractivity contribution is 6.31. The van der Waals surface area contributed by atoms with Crippen LogP contribution in [0.5, 0.6) is 5.75 Å². The molecule has 22 nitrogen and oxygen atoms in total. The Morgan fingerprint density at radius 1 is 0.434 bits per heavy atom. The van der Waals surface area contributed by atoms with Crippen LogP contribution in [0.3, 0.4) is 0 Å². The third-order valence-corrected chi connectivity index (χ3v) is 16.6. The number of allylic oxidation sites excluding steroid dienone is 2. The third-order valence-electron chi connectivity index (χ3n) is 16.2. The van der Waals surface area contributed by atoms with Gasteiger partial charge in [-0.25, -0.2) is 29.9 Å². The number of hydrogen-bond donors (Lipinski definition) is 4. The Balaban J connectivity index is 0.000000125. The van der Waals surface area contributed by atoms with E-state index in [1.165, 1.54) is 24.5 Å². The number of aromatic nitrogens is 11. The number of nitrogens with zero attached hydrogens (tertiary/aromatic N) is 13. The van der Waals surface area contributed by atoms with Crippen LogP contribution in [0, 0.1) is 6.92 Å². The molecule has 0 unspecified atom stereocenters. The summed E-state index contributed by atoms with van der Waals surface area (Å²) in [6.45, 7) is 2.41. The molecule has 27 heteroatoms. The minimum absolute atomic E-state index is 0.0484. The fourth-order valence-electron chi connectivity index (χ4n) is 11.5. The van der Waals surface area contributed by atoms with Crippen molar-refractivity contribution in [3.05, 3.63) is 276 Å². The number of rotatable bonds is 17. The molecule has 8 aromatic carbocycles. The normalized spacial score (nSPS) is 12.1. The number of nitrogens with one attached hydrogen (secondary N) is 4. The summed E-state index contributed by atoms with van der Waals surface area (Å²) in [5.41, 5.74) is 12.9. The zero-order valence-corrected chi connectivity index (χ0v) is 57.8. The van der Waals surface area contributed by atoms with E-state index >= 15 is 0 Å². The molecule has 106 heavy (non-hydrogen) atoms. The molecule has 4 amide bonds. The number of aryl methyl sites for hydroxylation is 1. The Labute approximate surface area is 613 Å². The van der Waals surface area contributed by atoms with E-state index < -0.39 is 6.36 Å². The number of carbonyl (C=O) groups excluding carboxylic acids is 4. The summed E-state index contributed by atoms with van der Waals surface area (Å²) in [6.07, 6.45) is 8.94. The Morgan fingerprint density at radius 3 is 1.32 bits per heavy atom. The van der Waals surface area contributed by atoms with Gasteiger partial charge in [-0.1, -0.05) is 132 Å². The quantitative estimate of drug-likeness (QED) is 0.0663. The van der Waals surface area contributed by atoms with Gasteiger partial charge in [0, 0.05) is 59.1 Å². The summed E-state index contributed by atoms with van der Waals surface area (Å²) >= 11 is 11.7. The summed E-state index contributed by atoms with van der Waals surface area (Å²) in [7, 11) is 0. The number of anilines is 4. The third kappa shape index (κ3) is 18.0. The maximum absolute atomic E-state index is 12.6. The zero-order valence-electron chi connectivity index (χ0n) is 56.3. The maximum atomic E-state index is 12.6. The number of benzene rings is 8. The van der Waals surface area contributed by atoms with Gasteiger partial charge in [-0.15, -0.1) is 13.2 Å². The number of imidazole rings is 4. The molecule has 0 radical (unpaired) electrons. The molecule has 2 aliphatic heterocycles. The first kappa shape index (κ1) is 71.1. The Hall–Kier alpha value is -13.3. The highest BCUT2D eigenvalue weighted by atomic mass is 35.5. The van der Waals surface area contributed by atoms with Crippen molar-refractivity contribution in [2.45, 2.75) is 52.3 Å². The van der Waals surface area contributed by atoms with Gasteiger partial charge < -0.3 is 39.0 Å². The molecular weight excluding hydrogens is 1390 g/mol. The van der Waals surface area contributed by atoms with Crippen molar-refractivity contribution < 1.29 is 37.1 Å². The minimum atomic E-state index is -4.77. The molecule has 14 aromatic rings. The van der Waals surface area contributed by atoms with Crippen LogP contribution in [-0.4, -0.2) is 95.6 Å². The van der Waals surface area contributed by atoms with Gasteiger partial charge in [-0.05, 0) is 134 Å². The van der Waals surface area contributed by atoms with Gasteiger partial charge in [0.05, 0.1) is 61.5 Å². The molecule has 2 aliphatic rings. The fraction of sp³-hybridized carbons (Fsp3) is 0.101. The highest BCUT2D eigenvalue weighted by Crippen LogP contribution is 2.31. The van der Waals surface area contributed by atoms with Crippen LogP contribution in [0.4, 0.5) is 36.2 Å². The monoisotopic (exact) mass is 1460 g/mol. The lowest BCUT2D eigenvalue weighted by Gasteiger charge is -2.11. The number of pyridine rings is 1. The van der Waals surface area contributed by atoms with Crippen LogP contribution < -0.4 is 26.0 Å². The lowest BCUT2D eigenvalue weighted by atomic mass is 10.2. The van der Waals surface area contributed by atoms with Crippen molar-refractivity contribution in [1.82, 2.24) is 53.2 Å². The molecule has 0 spiro atoms. The Bertz CT molecular complexity index is 5650. The predicted octanol–water partition coefficient (Wildman–Crippen LogP) is 16.4. The number of ether oxygens (including phenoxy) is 1. The van der Waals surface area contributed by atoms with Crippen LogP contribution in [0.25, 0.3) is 78.4 Å². The van der Waals surface area contributed by atoms with E-state index in [0.29, 0.717) is 44.6 Å². The van der Waals surface area contributed by atoms with Crippen LogP contribution in [-0.2, 0) is 45.4 Å². The van der Waals surface area contributed by atoms with Gasteiger partial charge in [0.2, 0.25) is 29.6 Å². The summed E-state index contributed by atoms with van der Waals surface area (Å²) in [4.78, 5) is 89.8. The van der Waals surface area contributed by atoms with Crippen LogP contribution in [0.1, 0.15) is 30.1 Å². The summed E-state index contributed by atoms with van der Waals surface area (Å²) in [5, 5.41) is 12.2. The molecule has 0 bridgehead atoms. The second-order valence-corrected chi connectivity index (χ2v) is 24.6. The van der Waals surface area contributed by atoms with E-state index in [1.54, 1.807) is 47.2 Å². The van der Waals surface area contributed by atoms with Crippen molar-refractivity contribution >= 4 is 138 Å². The van der Waals surface area contributed by atoms with E-state index in [2.05, 4.69) is 65.9 Å². The van der Waals surface area contributed by atoms with Crippen LogP contribution >= 0.6 is 23.2 Å². The van der Waals surface area contributed by atoms with Crippen molar-refractivity contribution in [3.8, 4) is 28.7 Å². The number of hydrogen-bond acceptors (Lipinski definition) is 14. The van der Waals surface area contributed by atoms with E-state index in [9.17, 15) is 32.3 Å². The lowest BCUT2D eigenvalue weighted by molar-refractivity contribution is -0.274. The van der Waals surface area contributed by atoms with Crippen molar-refractivity contribution in [1.29, 1.82) is 0 Å². The highest BCUT2D eigenvalue weighted by Gasteiger charge is 2.31. The molecule has 528 valence electrons. The van der Waals surface area contributed by atoms with E-state index in [-0.39, 0.29) is 61.5 Å². The summed E-state index contributed by atoms with van der Waals surface area (Å²) in [6, 6.07) is 65.9. The summed E-state index contributed by atoms with van der Waals surface area (Å²) < 4.78 is 48.1. The van der Waals surface area contributed by atoms with Gasteiger partial charge in [0.1, 0.15) is 54.8 Å². The standard InChI is InChI=1S/C22H19N3O.C21H15F3N4O2.C19H15ClN4O.C17H13ClN6O/c1-16-11-13-18(14-12-16)23-21(26)15-25-20-10-6-5-9-19(20)24-22(25)17-7-3-2-4-8-17;22-21(23,24)30-15-10-8-14(9-11-15)26-19(29)13-28-18-7-2-1-5-16(18)27-20(28)17-6-3-4-12-25-17;20-13-5-3-6-14(11-13)22-18(25)12-24-17-9-2-1-7-15(17)23-19(24)16-8-4-10-21-16;18-11-8-20-17(21-9-11)23-15(25)10-24-14-6-2-1-4-12(14)22-16(24)13-5-3-7-19-13/h2-14H,15H2,1H3,(H,23,26);1-12H,13H2,(H,26,29);1-3,5-11H,4,12H2,(H,22,25);1-2,4-9H,3,10H2,(H,20,21,23,25). The smallest absolute Gasteiger partial charge is 0.406 e. The number of carbonyl (C=O) groups is 4. The average Bonchev–Trinajstić information content (AvgIpc) is 1.66. The molecule has 4 N–H and O–H groups in total. The minimum Gasteiger partial charge on any atom is -0.406 e. The molecule has 0 fully saturated rings. The van der Waals surface area contributed by atoms with Gasteiger partial charge >= 0.3 is 6.36 Å². The second-order valence-electron chi connectivity index (χ2n) is 23.8. The average molecular weight is 1460 g/mol. The zero-order chi connectivity index (χ0) is 73.5. The lowest BCUT2D eigenvalue weighted by Crippen LogP contribution is -2.21. The molecule has 0 saturated heterocycles. The van der Waals surface area contributed by atoms with Crippen molar-refractivity contribution in [2.75, 3.05) is 21.3 Å². The fourth-order valence-corrected chi connectivity index (χ4v) is 11.8. The SMILES string of the molecule is Cc1ccc(NC(=O)Cn2c(-c3ccccc3)nc3ccccc32)cc1.O=C(Cn1c(-c2ccccn2)nc2ccccc21)Nc1ccc(OC(F)(F)F)cc1.O=C(Cn1c(C2=CCC=N2)nc2ccccc21)Nc1cccc(Cl)c1.O=C(Cn1c(C2=CCC=N2)nc2ccccc21)Nc1ncc(Cl)cn1. The Kier molecular flexibility index (Phi) is 22.0. The van der Waals surface area contributed by atoms with Gasteiger partial charge in [-0.2, -0.15) is 0 Å².